The van der Waals surface area contributed by atoms with Crippen molar-refractivity contribution in [2.45, 2.75) is 13.0 Å². The second-order valence-electron chi connectivity index (χ2n) is 1.40. The van der Waals surface area contributed by atoms with E-state index in [0.29, 0.717) is 0 Å². The fourth-order valence-electron chi connectivity index (χ4n) is 0.304. The van der Waals surface area contributed by atoms with Crippen molar-refractivity contribution in [3.8, 4) is 6.07 Å². The number of rotatable bonds is 2. The third kappa shape index (κ3) is 3.12. The summed E-state index contributed by atoms with van der Waals surface area (Å²) < 4.78 is 0. The highest BCUT2D eigenvalue weighted by Crippen LogP contribution is 2.02. The molecule has 4 heteroatoms. The Morgan fingerprint density at radius 3 is 2.89 bits per heavy atom. The molecule has 0 aromatic heterocycles. The lowest BCUT2D eigenvalue weighted by Gasteiger charge is -2.00. The van der Waals surface area contributed by atoms with Gasteiger partial charge < -0.3 is 5.73 Å². The van der Waals surface area contributed by atoms with Crippen molar-refractivity contribution >= 4 is 16.8 Å². The minimum absolute atomic E-state index is 0.250. The number of nitrogens with two attached hydrogens (primary N) is 1. The first-order valence-electron chi connectivity index (χ1n) is 2.58. The third-order valence-electron chi connectivity index (χ3n) is 0.721. The Kier molecular flexibility index (Phi) is 4.10. The number of thioether (sulfide) groups is 1. The molecule has 0 radical (unpaired) electrons. The van der Waals surface area contributed by atoms with Crippen LogP contribution in [0.3, 0.4) is 0 Å². The summed E-state index contributed by atoms with van der Waals surface area (Å²) >= 11 is 1.30. The minimum Gasteiger partial charge on any atom is -0.310 e. The van der Waals surface area contributed by atoms with Gasteiger partial charge in [-0.2, -0.15) is 5.26 Å². The van der Waals surface area contributed by atoms with E-state index < -0.39 is 6.04 Å². The van der Waals surface area contributed by atoms with E-state index in [1.54, 1.807) is 6.07 Å². The van der Waals surface area contributed by atoms with Crippen LogP contribution in [0, 0.1) is 16.7 Å². The van der Waals surface area contributed by atoms with Crippen molar-refractivity contribution in [2.24, 2.45) is 5.73 Å². The average molecular weight is 143 g/mol. The molecule has 0 fully saturated rings. The fourth-order valence-corrected chi connectivity index (χ4v) is 0.847. The lowest BCUT2D eigenvalue weighted by Crippen LogP contribution is -2.25. The molecule has 0 amide bonds. The highest BCUT2D eigenvalue weighted by molar-refractivity contribution is 8.13. The molecular weight excluding hydrogens is 134 g/mol. The largest absolute Gasteiger partial charge is 0.310 e. The van der Waals surface area contributed by atoms with Crippen LogP contribution in [0.4, 0.5) is 0 Å². The maximum Gasteiger partial charge on any atom is 0.141 e. The molecule has 3 N–H and O–H groups in total. The topological polar surface area (TPSA) is 73.7 Å². The van der Waals surface area contributed by atoms with Crippen molar-refractivity contribution in [2.75, 3.05) is 5.75 Å². The zero-order valence-electron chi connectivity index (χ0n) is 5.22. The zero-order valence-corrected chi connectivity index (χ0v) is 6.03. The van der Waals surface area contributed by atoms with Gasteiger partial charge in [-0.3, -0.25) is 5.41 Å². The number of hydrogen-bond donors (Lipinski definition) is 2. The van der Waals surface area contributed by atoms with Crippen LogP contribution in [-0.2, 0) is 0 Å². The molecule has 50 valence electrons. The molecular formula is C5H9N3S. The number of hydrogen-bond acceptors (Lipinski definition) is 4. The molecule has 0 saturated heterocycles. The number of nitriles is 1. The molecule has 0 aliphatic rings. The van der Waals surface area contributed by atoms with Crippen LogP contribution in [0.15, 0.2) is 0 Å². The molecule has 0 saturated carbocycles. The van der Waals surface area contributed by atoms with Crippen molar-refractivity contribution in [3.05, 3.63) is 0 Å². The van der Waals surface area contributed by atoms with E-state index in [2.05, 4.69) is 0 Å². The van der Waals surface area contributed by atoms with Crippen LogP contribution >= 0.6 is 11.8 Å². The quantitative estimate of drug-likeness (QED) is 0.438. The molecule has 3 nitrogen and oxygen atoms in total. The molecule has 0 rings (SSSR count). The average Bonchev–Trinajstić information content (AvgIpc) is 1.87. The summed E-state index contributed by atoms with van der Waals surface area (Å²) in [6.45, 7) is 1.92. The molecule has 0 heterocycles. The molecule has 0 aromatic rings. The highest BCUT2D eigenvalue weighted by Gasteiger charge is 2.05. The Bertz CT molecular complexity index is 138. The SMILES string of the molecule is CCSC(=N)C(N)C#N. The maximum atomic E-state index is 8.20. The lowest BCUT2D eigenvalue weighted by atomic mass is 10.4. The number of nitrogens with zero attached hydrogens (tertiary/aromatic N) is 1. The Hall–Kier alpha value is -0.530. The standard InChI is InChI=1S/C5H9N3S/c1-2-9-5(8)4(7)3-6/h4,8H,2,7H2,1H3. The van der Waals surface area contributed by atoms with Crippen molar-refractivity contribution < 1.29 is 0 Å². The van der Waals surface area contributed by atoms with Gasteiger partial charge in [0.15, 0.2) is 0 Å². The fraction of sp³-hybridized carbons (Fsp3) is 0.600. The predicted octanol–water partition coefficient (Wildman–Crippen LogP) is 0.568. The molecule has 1 unspecified atom stereocenters. The van der Waals surface area contributed by atoms with Crippen LogP contribution in [0.1, 0.15) is 6.92 Å². The summed E-state index contributed by atoms with van der Waals surface area (Å²) in [7, 11) is 0. The predicted molar refractivity (Wildman–Crippen MR) is 39.4 cm³/mol. The Morgan fingerprint density at radius 2 is 2.56 bits per heavy atom. The minimum atomic E-state index is -0.727. The van der Waals surface area contributed by atoms with Gasteiger partial charge in [-0.15, -0.1) is 11.8 Å². The van der Waals surface area contributed by atoms with E-state index in [1.165, 1.54) is 11.8 Å². The van der Waals surface area contributed by atoms with Gasteiger partial charge in [0.1, 0.15) is 6.04 Å². The first-order valence-corrected chi connectivity index (χ1v) is 3.57. The molecule has 0 spiro atoms. The van der Waals surface area contributed by atoms with Crippen LogP contribution in [0.5, 0.6) is 0 Å². The van der Waals surface area contributed by atoms with E-state index in [9.17, 15) is 0 Å². The van der Waals surface area contributed by atoms with Crippen LogP contribution in [0.2, 0.25) is 0 Å². The van der Waals surface area contributed by atoms with E-state index in [1.807, 2.05) is 6.92 Å². The van der Waals surface area contributed by atoms with Gasteiger partial charge in [-0.05, 0) is 5.75 Å². The van der Waals surface area contributed by atoms with E-state index in [0.717, 1.165) is 5.75 Å². The van der Waals surface area contributed by atoms with Gasteiger partial charge in [-0.25, -0.2) is 0 Å². The number of nitrogens with one attached hydrogen (secondary N) is 1. The van der Waals surface area contributed by atoms with Gasteiger partial charge in [0.25, 0.3) is 0 Å². The van der Waals surface area contributed by atoms with Gasteiger partial charge in [0, 0.05) is 0 Å². The molecule has 1 atom stereocenters. The Morgan fingerprint density at radius 1 is 2.00 bits per heavy atom. The molecule has 9 heavy (non-hydrogen) atoms. The lowest BCUT2D eigenvalue weighted by molar-refractivity contribution is 1.10. The normalized spacial score (nSPS) is 12.1. The monoisotopic (exact) mass is 143 g/mol. The summed E-state index contributed by atoms with van der Waals surface area (Å²) in [4.78, 5) is 0. The smallest absolute Gasteiger partial charge is 0.141 e. The maximum absolute atomic E-state index is 8.20. The molecule has 0 bridgehead atoms. The van der Waals surface area contributed by atoms with E-state index in [-0.39, 0.29) is 5.04 Å². The molecule has 0 aliphatic heterocycles. The van der Waals surface area contributed by atoms with Crippen LogP contribution < -0.4 is 5.73 Å². The van der Waals surface area contributed by atoms with Gasteiger partial charge in [0.05, 0.1) is 11.1 Å². The van der Waals surface area contributed by atoms with Gasteiger partial charge in [-0.1, -0.05) is 6.92 Å². The van der Waals surface area contributed by atoms with Gasteiger partial charge in [0.2, 0.25) is 0 Å². The second kappa shape index (κ2) is 4.36. The van der Waals surface area contributed by atoms with Crippen molar-refractivity contribution in [1.29, 1.82) is 10.7 Å². The van der Waals surface area contributed by atoms with Gasteiger partial charge >= 0.3 is 0 Å². The third-order valence-corrected chi connectivity index (χ3v) is 1.58. The van der Waals surface area contributed by atoms with E-state index >= 15 is 0 Å². The molecule has 0 aromatic carbocycles. The summed E-state index contributed by atoms with van der Waals surface area (Å²) in [5.41, 5.74) is 5.20. The molecule has 0 aliphatic carbocycles. The summed E-state index contributed by atoms with van der Waals surface area (Å²) in [6, 6.07) is 1.05. The Balaban J connectivity index is 3.63. The summed E-state index contributed by atoms with van der Waals surface area (Å²) in [6.07, 6.45) is 0. The van der Waals surface area contributed by atoms with Crippen molar-refractivity contribution in [1.82, 2.24) is 0 Å². The first kappa shape index (κ1) is 8.47. The highest BCUT2D eigenvalue weighted by atomic mass is 32.2. The second-order valence-corrected chi connectivity index (χ2v) is 2.71. The summed E-state index contributed by atoms with van der Waals surface area (Å²) in [5.74, 6) is 0.800. The van der Waals surface area contributed by atoms with Crippen molar-refractivity contribution in [3.63, 3.8) is 0 Å². The Labute approximate surface area is 58.7 Å². The zero-order chi connectivity index (χ0) is 7.28. The van der Waals surface area contributed by atoms with Crippen LogP contribution in [-0.4, -0.2) is 16.8 Å². The summed E-state index contributed by atoms with van der Waals surface area (Å²) in [5, 5.41) is 15.6. The first-order chi connectivity index (χ1) is 4.22. The van der Waals surface area contributed by atoms with Crippen LogP contribution in [0.25, 0.3) is 0 Å². The van der Waals surface area contributed by atoms with E-state index in [4.69, 9.17) is 16.4 Å².